The van der Waals surface area contributed by atoms with Crippen LogP contribution >= 0.6 is 0 Å². The van der Waals surface area contributed by atoms with Gasteiger partial charge in [-0.15, -0.1) is 0 Å². The highest BCUT2D eigenvalue weighted by Crippen LogP contribution is 2.19. The Labute approximate surface area is 104 Å². The van der Waals surface area contributed by atoms with Gasteiger partial charge in [-0.1, -0.05) is 12.1 Å². The van der Waals surface area contributed by atoms with Gasteiger partial charge in [-0.3, -0.25) is 0 Å². The number of hydrogen-bond donors (Lipinski definition) is 2. The summed E-state index contributed by atoms with van der Waals surface area (Å²) in [5, 5.41) is 12.1. The lowest BCUT2D eigenvalue weighted by atomic mass is 10.1. The Morgan fingerprint density at radius 1 is 1.29 bits per heavy atom. The Bertz CT molecular complexity index is 315. The van der Waals surface area contributed by atoms with Crippen molar-refractivity contribution in [1.29, 1.82) is 0 Å². The molecule has 0 amide bonds. The fraction of sp³-hybridized carbons (Fsp3) is 0.571. The van der Waals surface area contributed by atoms with Crippen LogP contribution in [0, 0.1) is 0 Å². The predicted octanol–water partition coefficient (Wildman–Crippen LogP) is 2.97. The molecule has 0 aliphatic rings. The third kappa shape index (κ3) is 5.20. The maximum Gasteiger partial charge on any atom is 0.0793 e. The summed E-state index contributed by atoms with van der Waals surface area (Å²) in [6.07, 6.45) is 3.18. The number of anilines is 1. The zero-order chi connectivity index (χ0) is 12.5. The van der Waals surface area contributed by atoms with E-state index in [-0.39, 0.29) is 6.10 Å². The largest absolute Gasteiger partial charge is 0.396 e. The van der Waals surface area contributed by atoms with E-state index in [1.807, 2.05) is 13.0 Å². The number of unbranched alkanes of at least 4 members (excludes halogenated alkanes) is 2. The van der Waals surface area contributed by atoms with Crippen LogP contribution in [0.1, 0.15) is 37.9 Å². The molecule has 0 radical (unpaired) electrons. The van der Waals surface area contributed by atoms with Gasteiger partial charge in [-0.05, 0) is 43.9 Å². The molecule has 17 heavy (non-hydrogen) atoms. The van der Waals surface area contributed by atoms with Crippen LogP contribution in [0.2, 0.25) is 0 Å². The first-order valence-corrected chi connectivity index (χ1v) is 6.25. The highest BCUT2D eigenvalue weighted by Gasteiger charge is 2.03. The molecule has 0 heterocycles. The number of aliphatic hydroxyl groups is 1. The van der Waals surface area contributed by atoms with Crippen LogP contribution in [-0.4, -0.2) is 25.4 Å². The average Bonchev–Trinajstić information content (AvgIpc) is 2.38. The zero-order valence-electron chi connectivity index (χ0n) is 10.8. The number of methoxy groups -OCH3 is 1. The van der Waals surface area contributed by atoms with Gasteiger partial charge in [-0.2, -0.15) is 0 Å². The van der Waals surface area contributed by atoms with Gasteiger partial charge in [0.05, 0.1) is 6.10 Å². The van der Waals surface area contributed by atoms with Crippen LogP contribution in [-0.2, 0) is 4.74 Å². The molecule has 0 saturated heterocycles. The van der Waals surface area contributed by atoms with E-state index in [4.69, 9.17) is 9.84 Å². The van der Waals surface area contributed by atoms with Crippen molar-refractivity contribution in [1.82, 2.24) is 0 Å². The van der Waals surface area contributed by atoms with Crippen molar-refractivity contribution >= 4 is 5.69 Å². The predicted molar refractivity (Wildman–Crippen MR) is 71.3 cm³/mol. The normalized spacial score (nSPS) is 12.4. The first kappa shape index (κ1) is 14.0. The molecule has 96 valence electrons. The molecule has 0 bridgehead atoms. The first-order valence-electron chi connectivity index (χ1n) is 6.25. The number of benzene rings is 1. The lowest BCUT2D eigenvalue weighted by Gasteiger charge is -2.12. The smallest absolute Gasteiger partial charge is 0.0793 e. The van der Waals surface area contributed by atoms with E-state index in [1.165, 1.54) is 5.56 Å². The van der Waals surface area contributed by atoms with E-state index in [9.17, 15) is 0 Å². The second-order valence-electron chi connectivity index (χ2n) is 4.21. The monoisotopic (exact) mass is 237 g/mol. The van der Waals surface area contributed by atoms with E-state index in [0.717, 1.165) is 31.5 Å². The van der Waals surface area contributed by atoms with Gasteiger partial charge < -0.3 is 15.2 Å². The molecule has 0 fully saturated rings. The lowest BCUT2D eigenvalue weighted by molar-refractivity contribution is 0.119. The average molecular weight is 237 g/mol. The van der Waals surface area contributed by atoms with Crippen LogP contribution < -0.4 is 5.32 Å². The van der Waals surface area contributed by atoms with Crippen LogP contribution in [0.25, 0.3) is 0 Å². The molecule has 1 rings (SSSR count). The van der Waals surface area contributed by atoms with E-state index in [1.54, 1.807) is 7.11 Å². The molecule has 1 unspecified atom stereocenters. The van der Waals surface area contributed by atoms with Crippen LogP contribution in [0.3, 0.4) is 0 Å². The molecule has 2 N–H and O–H groups in total. The minimum Gasteiger partial charge on any atom is -0.396 e. The fourth-order valence-corrected chi connectivity index (χ4v) is 1.68. The molecular formula is C14H23NO2. The maximum atomic E-state index is 8.67. The Balaban J connectivity index is 2.38. The molecule has 0 spiro atoms. The molecule has 3 heteroatoms. The molecule has 0 aliphatic carbocycles. The third-order valence-electron chi connectivity index (χ3n) is 2.87. The Morgan fingerprint density at radius 3 is 2.82 bits per heavy atom. The molecule has 1 aromatic rings. The van der Waals surface area contributed by atoms with E-state index < -0.39 is 0 Å². The van der Waals surface area contributed by atoms with Crippen molar-refractivity contribution in [3.05, 3.63) is 29.8 Å². The quantitative estimate of drug-likeness (QED) is 0.683. The molecule has 1 aromatic carbocycles. The molecule has 0 aromatic heterocycles. The van der Waals surface area contributed by atoms with Crippen molar-refractivity contribution in [3.8, 4) is 0 Å². The lowest BCUT2D eigenvalue weighted by Crippen LogP contribution is -2.03. The fourth-order valence-electron chi connectivity index (χ4n) is 1.68. The number of hydrogen-bond acceptors (Lipinski definition) is 3. The van der Waals surface area contributed by atoms with Gasteiger partial charge >= 0.3 is 0 Å². The molecule has 0 aliphatic heterocycles. The first-order chi connectivity index (χ1) is 8.27. The van der Waals surface area contributed by atoms with Crippen molar-refractivity contribution in [2.75, 3.05) is 25.6 Å². The van der Waals surface area contributed by atoms with Crippen molar-refractivity contribution in [2.24, 2.45) is 0 Å². The topological polar surface area (TPSA) is 41.5 Å². The Morgan fingerprint density at radius 2 is 2.12 bits per heavy atom. The van der Waals surface area contributed by atoms with E-state index in [2.05, 4.69) is 23.5 Å². The van der Waals surface area contributed by atoms with Gasteiger partial charge in [0.15, 0.2) is 0 Å². The minimum absolute atomic E-state index is 0.131. The number of aliphatic hydroxyl groups excluding tert-OH is 1. The molecular weight excluding hydrogens is 214 g/mol. The van der Waals surface area contributed by atoms with Gasteiger partial charge in [-0.25, -0.2) is 0 Å². The molecule has 1 atom stereocenters. The van der Waals surface area contributed by atoms with Crippen molar-refractivity contribution in [2.45, 2.75) is 32.3 Å². The molecule has 0 saturated carbocycles. The summed E-state index contributed by atoms with van der Waals surface area (Å²) >= 11 is 0. The summed E-state index contributed by atoms with van der Waals surface area (Å²) in [6, 6.07) is 8.31. The Kier molecular flexibility index (Phi) is 6.67. The summed E-state index contributed by atoms with van der Waals surface area (Å²) in [6.45, 7) is 3.28. The van der Waals surface area contributed by atoms with Crippen molar-refractivity contribution in [3.63, 3.8) is 0 Å². The van der Waals surface area contributed by atoms with Gasteiger partial charge in [0.2, 0.25) is 0 Å². The number of ether oxygens (including phenoxy) is 1. The van der Waals surface area contributed by atoms with Gasteiger partial charge in [0.1, 0.15) is 0 Å². The standard InChI is InChI=1S/C14H23NO2/c1-12(17-2)13-7-6-8-14(11-13)15-9-4-3-5-10-16/h6-8,11-12,15-16H,3-5,9-10H2,1-2H3. The van der Waals surface area contributed by atoms with Crippen LogP contribution in [0.5, 0.6) is 0 Å². The van der Waals surface area contributed by atoms with E-state index in [0.29, 0.717) is 6.61 Å². The van der Waals surface area contributed by atoms with Gasteiger partial charge in [0.25, 0.3) is 0 Å². The second kappa shape index (κ2) is 8.09. The second-order valence-corrected chi connectivity index (χ2v) is 4.21. The summed E-state index contributed by atoms with van der Waals surface area (Å²) < 4.78 is 5.29. The van der Waals surface area contributed by atoms with E-state index >= 15 is 0 Å². The highest BCUT2D eigenvalue weighted by molar-refractivity contribution is 5.46. The number of rotatable bonds is 8. The van der Waals surface area contributed by atoms with Crippen LogP contribution in [0.4, 0.5) is 5.69 Å². The highest BCUT2D eigenvalue weighted by atomic mass is 16.5. The zero-order valence-corrected chi connectivity index (χ0v) is 10.8. The summed E-state index contributed by atoms with van der Waals surface area (Å²) in [7, 11) is 1.72. The maximum absolute atomic E-state index is 8.67. The third-order valence-corrected chi connectivity index (χ3v) is 2.87. The molecule has 3 nitrogen and oxygen atoms in total. The summed E-state index contributed by atoms with van der Waals surface area (Å²) in [4.78, 5) is 0. The Hall–Kier alpha value is -1.06. The SMILES string of the molecule is COC(C)c1cccc(NCCCCCO)c1. The minimum atomic E-state index is 0.131. The van der Waals surface area contributed by atoms with Crippen molar-refractivity contribution < 1.29 is 9.84 Å². The number of nitrogens with one attached hydrogen (secondary N) is 1. The summed E-state index contributed by atoms with van der Waals surface area (Å²) in [5.41, 5.74) is 2.32. The van der Waals surface area contributed by atoms with Gasteiger partial charge in [0, 0.05) is 25.9 Å². The van der Waals surface area contributed by atoms with Crippen LogP contribution in [0.15, 0.2) is 24.3 Å². The summed E-state index contributed by atoms with van der Waals surface area (Å²) in [5.74, 6) is 0.